The van der Waals surface area contributed by atoms with E-state index in [-0.39, 0.29) is 0 Å². The Labute approximate surface area is 84.7 Å². The molecule has 0 bridgehead atoms. The van der Waals surface area contributed by atoms with Gasteiger partial charge in [-0.15, -0.1) is 0 Å². The Morgan fingerprint density at radius 3 is 3.21 bits per heavy atom. The Hall–Kier alpha value is -0.830. The van der Waals surface area contributed by atoms with E-state index in [9.17, 15) is 0 Å². The first-order valence-electron chi connectivity index (χ1n) is 5.56. The van der Waals surface area contributed by atoms with E-state index in [0.717, 1.165) is 18.5 Å². The molecule has 1 saturated heterocycles. The first kappa shape index (κ1) is 8.48. The fourth-order valence-electron chi connectivity index (χ4n) is 3.09. The van der Waals surface area contributed by atoms with Crippen molar-refractivity contribution in [3.63, 3.8) is 0 Å². The second-order valence-corrected chi connectivity index (χ2v) is 4.60. The van der Waals surface area contributed by atoms with Gasteiger partial charge in [0, 0.05) is 30.4 Å². The standard InChI is InChI=1S/C11H17N3/c1-13-5-2-3-9-10(13)4-6-14-8-12-7-11(9)14/h7-10H,2-6H2,1H3. The summed E-state index contributed by atoms with van der Waals surface area (Å²) in [6.07, 6.45) is 8.03. The highest BCUT2D eigenvalue weighted by Crippen LogP contribution is 2.36. The monoisotopic (exact) mass is 191 g/mol. The summed E-state index contributed by atoms with van der Waals surface area (Å²) in [6, 6.07) is 0.771. The molecule has 0 amide bonds. The molecule has 3 heteroatoms. The van der Waals surface area contributed by atoms with Gasteiger partial charge in [-0.25, -0.2) is 4.98 Å². The normalized spacial score (nSPS) is 32.4. The average molecular weight is 191 g/mol. The molecule has 76 valence electrons. The Kier molecular flexibility index (Phi) is 1.87. The summed E-state index contributed by atoms with van der Waals surface area (Å²) in [5.74, 6) is 0.741. The van der Waals surface area contributed by atoms with E-state index in [2.05, 4.69) is 27.7 Å². The van der Waals surface area contributed by atoms with Crippen molar-refractivity contribution in [1.29, 1.82) is 0 Å². The van der Waals surface area contributed by atoms with Crippen LogP contribution in [0.1, 0.15) is 30.9 Å². The van der Waals surface area contributed by atoms with E-state index < -0.39 is 0 Å². The summed E-state index contributed by atoms with van der Waals surface area (Å²) >= 11 is 0. The van der Waals surface area contributed by atoms with Crippen LogP contribution in [0.5, 0.6) is 0 Å². The van der Waals surface area contributed by atoms with Crippen molar-refractivity contribution in [2.45, 2.75) is 37.8 Å². The molecule has 2 aliphatic heterocycles. The van der Waals surface area contributed by atoms with Crippen molar-refractivity contribution in [2.24, 2.45) is 0 Å². The fourth-order valence-corrected chi connectivity index (χ4v) is 3.09. The lowest BCUT2D eigenvalue weighted by Gasteiger charge is -2.42. The van der Waals surface area contributed by atoms with Gasteiger partial charge in [-0.1, -0.05) is 0 Å². The largest absolute Gasteiger partial charge is 0.334 e. The zero-order chi connectivity index (χ0) is 9.54. The molecule has 1 fully saturated rings. The molecule has 1 aromatic rings. The Morgan fingerprint density at radius 2 is 2.29 bits per heavy atom. The summed E-state index contributed by atoms with van der Waals surface area (Å²) in [5, 5.41) is 0. The quantitative estimate of drug-likeness (QED) is 0.619. The Balaban J connectivity index is 1.96. The van der Waals surface area contributed by atoms with Crippen LogP contribution in [0.4, 0.5) is 0 Å². The van der Waals surface area contributed by atoms with Crippen molar-refractivity contribution in [1.82, 2.24) is 14.5 Å². The molecule has 2 unspecified atom stereocenters. The highest BCUT2D eigenvalue weighted by atomic mass is 15.2. The Bertz CT molecular complexity index is 331. The molecule has 3 nitrogen and oxygen atoms in total. The SMILES string of the molecule is CN1CCCC2c3cncn3CCC21. The smallest absolute Gasteiger partial charge is 0.0948 e. The lowest BCUT2D eigenvalue weighted by molar-refractivity contribution is 0.128. The Morgan fingerprint density at radius 1 is 1.36 bits per heavy atom. The topological polar surface area (TPSA) is 21.1 Å². The van der Waals surface area contributed by atoms with Gasteiger partial charge >= 0.3 is 0 Å². The number of hydrogen-bond acceptors (Lipinski definition) is 2. The molecule has 0 spiro atoms. The zero-order valence-electron chi connectivity index (χ0n) is 8.69. The number of aromatic nitrogens is 2. The summed E-state index contributed by atoms with van der Waals surface area (Å²) in [6.45, 7) is 2.43. The van der Waals surface area contributed by atoms with Crippen LogP contribution in [-0.2, 0) is 6.54 Å². The molecule has 3 heterocycles. The maximum atomic E-state index is 4.26. The molecule has 0 N–H and O–H groups in total. The third kappa shape index (κ3) is 1.12. The number of aryl methyl sites for hydroxylation is 1. The number of nitrogens with zero attached hydrogens (tertiary/aromatic N) is 3. The second-order valence-electron chi connectivity index (χ2n) is 4.60. The van der Waals surface area contributed by atoms with Gasteiger partial charge in [0.05, 0.1) is 6.33 Å². The van der Waals surface area contributed by atoms with E-state index in [1.165, 1.54) is 31.5 Å². The van der Waals surface area contributed by atoms with E-state index in [1.54, 1.807) is 0 Å². The average Bonchev–Trinajstić information content (AvgIpc) is 2.66. The maximum absolute atomic E-state index is 4.26. The number of likely N-dealkylation sites (tertiary alicyclic amines) is 1. The summed E-state index contributed by atoms with van der Waals surface area (Å²) in [7, 11) is 2.27. The van der Waals surface area contributed by atoms with Gasteiger partial charge in [-0.2, -0.15) is 0 Å². The minimum absolute atomic E-state index is 0.741. The highest BCUT2D eigenvalue weighted by molar-refractivity contribution is 5.14. The van der Waals surface area contributed by atoms with E-state index >= 15 is 0 Å². The fraction of sp³-hybridized carbons (Fsp3) is 0.727. The van der Waals surface area contributed by atoms with Gasteiger partial charge in [0.25, 0.3) is 0 Å². The first-order valence-corrected chi connectivity index (χ1v) is 5.56. The van der Waals surface area contributed by atoms with E-state index in [4.69, 9.17) is 0 Å². The van der Waals surface area contributed by atoms with Crippen molar-refractivity contribution < 1.29 is 0 Å². The third-order valence-electron chi connectivity index (χ3n) is 3.85. The lowest BCUT2D eigenvalue weighted by Crippen LogP contribution is -2.45. The molecule has 14 heavy (non-hydrogen) atoms. The summed E-state index contributed by atoms with van der Waals surface area (Å²) in [5.41, 5.74) is 1.47. The first-order chi connectivity index (χ1) is 6.86. The number of piperidine rings is 1. The summed E-state index contributed by atoms with van der Waals surface area (Å²) in [4.78, 5) is 6.80. The van der Waals surface area contributed by atoms with E-state index in [1.807, 2.05) is 6.33 Å². The maximum Gasteiger partial charge on any atom is 0.0948 e. The van der Waals surface area contributed by atoms with Gasteiger partial charge in [-0.05, 0) is 32.9 Å². The third-order valence-corrected chi connectivity index (χ3v) is 3.85. The van der Waals surface area contributed by atoms with Gasteiger partial charge in [0.15, 0.2) is 0 Å². The molecule has 2 atom stereocenters. The van der Waals surface area contributed by atoms with Crippen molar-refractivity contribution in [3.05, 3.63) is 18.2 Å². The molecule has 2 aliphatic rings. The molecular weight excluding hydrogens is 174 g/mol. The van der Waals surface area contributed by atoms with E-state index in [0.29, 0.717) is 0 Å². The summed E-state index contributed by atoms with van der Waals surface area (Å²) < 4.78 is 2.33. The molecular formula is C11H17N3. The molecule has 3 rings (SSSR count). The molecule has 0 aliphatic carbocycles. The van der Waals surface area contributed by atoms with Crippen molar-refractivity contribution >= 4 is 0 Å². The van der Waals surface area contributed by atoms with Gasteiger partial charge in [0.1, 0.15) is 0 Å². The van der Waals surface area contributed by atoms with Crippen LogP contribution in [0.15, 0.2) is 12.5 Å². The predicted octanol–water partition coefficient (Wildman–Crippen LogP) is 1.46. The number of imidazole rings is 1. The van der Waals surface area contributed by atoms with Crippen LogP contribution < -0.4 is 0 Å². The zero-order valence-corrected chi connectivity index (χ0v) is 8.69. The molecule has 0 saturated carbocycles. The second kappa shape index (κ2) is 3.09. The van der Waals surface area contributed by atoms with Crippen molar-refractivity contribution in [2.75, 3.05) is 13.6 Å². The molecule has 1 aromatic heterocycles. The molecule has 0 radical (unpaired) electrons. The van der Waals surface area contributed by atoms with Crippen LogP contribution in [0.25, 0.3) is 0 Å². The minimum atomic E-state index is 0.741. The highest BCUT2D eigenvalue weighted by Gasteiger charge is 2.34. The van der Waals surface area contributed by atoms with Crippen LogP contribution >= 0.6 is 0 Å². The van der Waals surface area contributed by atoms with Crippen LogP contribution in [0, 0.1) is 0 Å². The minimum Gasteiger partial charge on any atom is -0.334 e. The molecule has 0 aromatic carbocycles. The van der Waals surface area contributed by atoms with Gasteiger partial charge in [0.2, 0.25) is 0 Å². The lowest BCUT2D eigenvalue weighted by atomic mass is 9.83. The number of fused-ring (bicyclic) bond motifs is 3. The number of hydrogen-bond donors (Lipinski definition) is 0. The van der Waals surface area contributed by atoms with Crippen LogP contribution in [-0.4, -0.2) is 34.1 Å². The van der Waals surface area contributed by atoms with Crippen LogP contribution in [0.3, 0.4) is 0 Å². The van der Waals surface area contributed by atoms with Crippen LogP contribution in [0.2, 0.25) is 0 Å². The van der Waals surface area contributed by atoms with Gasteiger partial charge in [-0.3, -0.25) is 0 Å². The number of likely N-dealkylation sites (N-methyl/N-ethyl adjacent to an activating group) is 1. The number of rotatable bonds is 0. The predicted molar refractivity (Wildman–Crippen MR) is 55.2 cm³/mol. The van der Waals surface area contributed by atoms with Gasteiger partial charge < -0.3 is 9.47 Å². The van der Waals surface area contributed by atoms with Crippen molar-refractivity contribution in [3.8, 4) is 0 Å².